The Bertz CT molecular complexity index is 316. The van der Waals surface area contributed by atoms with Crippen LogP contribution in [0.5, 0.6) is 0 Å². The van der Waals surface area contributed by atoms with Gasteiger partial charge in [-0.25, -0.2) is 0 Å². The maximum absolute atomic E-state index is 11.1. The van der Waals surface area contributed by atoms with Crippen molar-refractivity contribution in [2.24, 2.45) is 0 Å². The highest BCUT2D eigenvalue weighted by atomic mass is 35.5. The van der Waals surface area contributed by atoms with E-state index in [1.165, 1.54) is 5.56 Å². The minimum absolute atomic E-state index is 0. The van der Waals surface area contributed by atoms with E-state index in [2.05, 4.69) is 5.32 Å². The van der Waals surface area contributed by atoms with Gasteiger partial charge in [-0.3, -0.25) is 4.79 Å². The van der Waals surface area contributed by atoms with Crippen molar-refractivity contribution >= 4 is 18.4 Å². The van der Waals surface area contributed by atoms with E-state index in [0.717, 1.165) is 13.0 Å². The molecule has 1 atom stereocenters. The predicted molar refractivity (Wildman–Crippen MR) is 59.9 cm³/mol. The second kappa shape index (κ2) is 5.73. The number of hydrogen-bond donors (Lipinski definition) is 1. The first-order valence-corrected chi connectivity index (χ1v) is 4.80. The molecule has 82 valence electrons. The molecule has 1 aromatic carbocycles. The van der Waals surface area contributed by atoms with Crippen LogP contribution in [0.25, 0.3) is 0 Å². The normalized spacial score (nSPS) is 19.5. The van der Waals surface area contributed by atoms with Gasteiger partial charge in [0.25, 0.3) is 0 Å². The third-order valence-electron chi connectivity index (χ3n) is 2.33. The number of halogens is 1. The van der Waals surface area contributed by atoms with E-state index in [1.54, 1.807) is 0 Å². The molecule has 0 bridgehead atoms. The second-order valence-electron chi connectivity index (χ2n) is 3.38. The number of benzene rings is 1. The number of cyclic esters (lactones) is 1. The Morgan fingerprint density at radius 3 is 2.67 bits per heavy atom. The zero-order valence-electron chi connectivity index (χ0n) is 8.31. The molecule has 3 nitrogen and oxygen atoms in total. The van der Waals surface area contributed by atoms with Gasteiger partial charge in [-0.05, 0) is 5.56 Å². The van der Waals surface area contributed by atoms with Gasteiger partial charge in [0.1, 0.15) is 6.04 Å². The van der Waals surface area contributed by atoms with Crippen LogP contribution in [0.1, 0.15) is 12.0 Å². The highest BCUT2D eigenvalue weighted by Gasteiger charge is 2.25. The average molecular weight is 228 g/mol. The summed E-state index contributed by atoms with van der Waals surface area (Å²) in [6.45, 7) is 1.27. The highest BCUT2D eigenvalue weighted by molar-refractivity contribution is 5.85. The second-order valence-corrected chi connectivity index (χ2v) is 3.38. The minimum atomic E-state index is -0.124. The lowest BCUT2D eigenvalue weighted by Crippen LogP contribution is -2.32. The van der Waals surface area contributed by atoms with Crippen LogP contribution in [-0.4, -0.2) is 18.6 Å². The summed E-state index contributed by atoms with van der Waals surface area (Å²) in [5, 5.41) is 3.17. The fourth-order valence-electron chi connectivity index (χ4n) is 1.52. The molecule has 0 radical (unpaired) electrons. The summed E-state index contributed by atoms with van der Waals surface area (Å²) >= 11 is 0. The van der Waals surface area contributed by atoms with Gasteiger partial charge in [-0.2, -0.15) is 0 Å². The molecule has 1 aromatic rings. The Morgan fingerprint density at radius 1 is 1.33 bits per heavy atom. The van der Waals surface area contributed by atoms with Crippen molar-refractivity contribution < 1.29 is 9.53 Å². The van der Waals surface area contributed by atoms with Gasteiger partial charge in [0.15, 0.2) is 0 Å². The fourth-order valence-corrected chi connectivity index (χ4v) is 1.52. The number of ether oxygens (including phenoxy) is 1. The van der Waals surface area contributed by atoms with Gasteiger partial charge in [0, 0.05) is 13.0 Å². The summed E-state index contributed by atoms with van der Waals surface area (Å²) in [6.07, 6.45) is 0.783. The first-order valence-electron chi connectivity index (χ1n) is 4.80. The third-order valence-corrected chi connectivity index (χ3v) is 2.33. The topological polar surface area (TPSA) is 38.3 Å². The number of nitrogens with one attached hydrogen (secondary N) is 1. The Hall–Kier alpha value is -1.06. The zero-order valence-corrected chi connectivity index (χ0v) is 9.13. The lowest BCUT2D eigenvalue weighted by atomic mass is 10.2. The molecule has 1 fully saturated rings. The summed E-state index contributed by atoms with van der Waals surface area (Å²) in [6, 6.07) is 9.91. The van der Waals surface area contributed by atoms with Crippen LogP contribution in [0.4, 0.5) is 0 Å². The number of carbonyl (C=O) groups is 1. The fraction of sp³-hybridized carbons (Fsp3) is 0.364. The van der Waals surface area contributed by atoms with Crippen molar-refractivity contribution in [1.82, 2.24) is 5.32 Å². The molecule has 2 rings (SSSR count). The van der Waals surface area contributed by atoms with Gasteiger partial charge in [0.05, 0.1) is 6.61 Å². The van der Waals surface area contributed by atoms with E-state index in [0.29, 0.717) is 6.61 Å². The summed E-state index contributed by atoms with van der Waals surface area (Å²) < 4.78 is 4.85. The van der Waals surface area contributed by atoms with Crippen molar-refractivity contribution in [2.45, 2.75) is 19.0 Å². The van der Waals surface area contributed by atoms with Gasteiger partial charge < -0.3 is 10.1 Å². The van der Waals surface area contributed by atoms with Crippen LogP contribution in [0.15, 0.2) is 30.3 Å². The molecule has 0 saturated carbocycles. The standard InChI is InChI=1S/C11H13NO2.ClH/c13-11-10(6-7-14-11)12-8-9-4-2-1-3-5-9;/h1-5,10,12H,6-8H2;1H. The molecule has 1 aliphatic rings. The molecular weight excluding hydrogens is 214 g/mol. The summed E-state index contributed by atoms with van der Waals surface area (Å²) in [5.74, 6) is -0.124. The lowest BCUT2D eigenvalue weighted by Gasteiger charge is -2.07. The molecule has 1 heterocycles. The first kappa shape index (κ1) is 12.0. The molecule has 1 saturated heterocycles. The van der Waals surface area contributed by atoms with Crippen LogP contribution in [-0.2, 0) is 16.1 Å². The SMILES string of the molecule is Cl.O=C1OCCC1NCc1ccccc1. The molecule has 1 unspecified atom stereocenters. The van der Waals surface area contributed by atoms with Gasteiger partial charge in [0.2, 0.25) is 0 Å². The molecule has 0 amide bonds. The maximum Gasteiger partial charge on any atom is 0.323 e. The monoisotopic (exact) mass is 227 g/mol. The largest absolute Gasteiger partial charge is 0.464 e. The number of esters is 1. The Balaban J connectivity index is 0.00000112. The molecule has 1 N–H and O–H groups in total. The smallest absolute Gasteiger partial charge is 0.323 e. The average Bonchev–Trinajstić information content (AvgIpc) is 2.63. The van der Waals surface area contributed by atoms with E-state index < -0.39 is 0 Å². The van der Waals surface area contributed by atoms with Crippen LogP contribution in [0.2, 0.25) is 0 Å². The molecule has 0 aromatic heterocycles. The number of hydrogen-bond acceptors (Lipinski definition) is 3. The van der Waals surface area contributed by atoms with Crippen molar-refractivity contribution in [1.29, 1.82) is 0 Å². The Kier molecular flexibility index (Phi) is 4.59. The number of carbonyl (C=O) groups excluding carboxylic acids is 1. The first-order chi connectivity index (χ1) is 6.86. The predicted octanol–water partition coefficient (Wildman–Crippen LogP) is 1.51. The molecular formula is C11H14ClNO2. The molecule has 0 spiro atoms. The van der Waals surface area contributed by atoms with Crippen molar-refractivity contribution in [2.75, 3.05) is 6.61 Å². The van der Waals surface area contributed by atoms with Gasteiger partial charge in [-0.1, -0.05) is 30.3 Å². The van der Waals surface area contributed by atoms with Crippen LogP contribution in [0.3, 0.4) is 0 Å². The van der Waals surface area contributed by atoms with E-state index >= 15 is 0 Å². The van der Waals surface area contributed by atoms with Crippen molar-refractivity contribution in [3.8, 4) is 0 Å². The van der Waals surface area contributed by atoms with Crippen LogP contribution >= 0.6 is 12.4 Å². The number of rotatable bonds is 3. The third kappa shape index (κ3) is 3.22. The van der Waals surface area contributed by atoms with E-state index in [1.807, 2.05) is 30.3 Å². The maximum atomic E-state index is 11.1. The van der Waals surface area contributed by atoms with Gasteiger partial charge in [-0.15, -0.1) is 12.4 Å². The zero-order chi connectivity index (χ0) is 9.80. The van der Waals surface area contributed by atoms with Crippen molar-refractivity contribution in [3.63, 3.8) is 0 Å². The van der Waals surface area contributed by atoms with Crippen LogP contribution in [0, 0.1) is 0 Å². The molecule has 1 aliphatic heterocycles. The Morgan fingerprint density at radius 2 is 2.07 bits per heavy atom. The molecule has 4 heteroatoms. The van der Waals surface area contributed by atoms with Crippen molar-refractivity contribution in [3.05, 3.63) is 35.9 Å². The molecule has 0 aliphatic carbocycles. The minimum Gasteiger partial charge on any atom is -0.464 e. The Labute approximate surface area is 95.2 Å². The quantitative estimate of drug-likeness (QED) is 0.796. The summed E-state index contributed by atoms with van der Waals surface area (Å²) in [5.41, 5.74) is 1.19. The van der Waals surface area contributed by atoms with Gasteiger partial charge >= 0.3 is 5.97 Å². The summed E-state index contributed by atoms with van der Waals surface area (Å²) in [7, 11) is 0. The lowest BCUT2D eigenvalue weighted by molar-refractivity contribution is -0.139. The highest BCUT2D eigenvalue weighted by Crippen LogP contribution is 2.07. The van der Waals surface area contributed by atoms with E-state index in [4.69, 9.17) is 4.74 Å². The van der Waals surface area contributed by atoms with E-state index in [-0.39, 0.29) is 24.4 Å². The molecule has 15 heavy (non-hydrogen) atoms. The van der Waals surface area contributed by atoms with Crippen LogP contribution < -0.4 is 5.32 Å². The van der Waals surface area contributed by atoms with E-state index in [9.17, 15) is 4.79 Å². The summed E-state index contributed by atoms with van der Waals surface area (Å²) in [4.78, 5) is 11.1.